The van der Waals surface area contributed by atoms with E-state index < -0.39 is 11.4 Å². The summed E-state index contributed by atoms with van der Waals surface area (Å²) in [4.78, 5) is 21.0. The Labute approximate surface area is 89.2 Å². The van der Waals surface area contributed by atoms with Gasteiger partial charge in [-0.25, -0.2) is 14.4 Å². The number of aromatic amines is 1. The molecule has 0 spiro atoms. The fourth-order valence-electron chi connectivity index (χ4n) is 1.27. The van der Waals surface area contributed by atoms with Crippen molar-refractivity contribution in [1.82, 2.24) is 15.0 Å². The Morgan fingerprint density at radius 1 is 1.44 bits per heavy atom. The van der Waals surface area contributed by atoms with Gasteiger partial charge in [0.2, 0.25) is 0 Å². The van der Waals surface area contributed by atoms with Gasteiger partial charge in [0.25, 0.3) is 5.56 Å². The Bertz CT molecular complexity index is 629. The lowest BCUT2D eigenvalue weighted by Gasteiger charge is -2.01. The summed E-state index contributed by atoms with van der Waals surface area (Å²) in [5.74, 6) is -0.816. The topological polar surface area (TPSA) is 82.4 Å². The molecule has 0 saturated carbocycles. The maximum Gasteiger partial charge on any atom is 0.258 e. The van der Waals surface area contributed by atoms with Crippen molar-refractivity contribution in [2.24, 2.45) is 0 Å². The summed E-state index contributed by atoms with van der Waals surface area (Å²) >= 11 is 0. The van der Waals surface area contributed by atoms with Crippen molar-refractivity contribution in [1.29, 1.82) is 5.26 Å². The van der Waals surface area contributed by atoms with Gasteiger partial charge in [0.05, 0.1) is 11.9 Å². The zero-order chi connectivity index (χ0) is 11.5. The molecule has 2 rings (SSSR count). The highest BCUT2D eigenvalue weighted by Crippen LogP contribution is 2.19. The first kappa shape index (κ1) is 9.98. The molecule has 78 valence electrons. The van der Waals surface area contributed by atoms with Gasteiger partial charge in [0.15, 0.2) is 11.5 Å². The summed E-state index contributed by atoms with van der Waals surface area (Å²) in [6.07, 6.45) is 3.71. The number of aromatic nitrogens is 3. The lowest BCUT2D eigenvalue weighted by molar-refractivity contribution is 0.620. The van der Waals surface area contributed by atoms with Crippen LogP contribution < -0.4 is 5.56 Å². The minimum atomic E-state index is -0.816. The van der Waals surface area contributed by atoms with Gasteiger partial charge in [-0.2, -0.15) is 5.26 Å². The van der Waals surface area contributed by atoms with E-state index in [-0.39, 0.29) is 16.8 Å². The summed E-state index contributed by atoms with van der Waals surface area (Å²) in [5.41, 5.74) is -0.732. The molecule has 0 unspecified atom stereocenters. The minimum Gasteiger partial charge on any atom is -0.313 e. The van der Waals surface area contributed by atoms with Crippen LogP contribution >= 0.6 is 0 Å². The molecule has 0 saturated heterocycles. The van der Waals surface area contributed by atoms with Crippen LogP contribution in [0.4, 0.5) is 4.39 Å². The first-order chi connectivity index (χ1) is 7.74. The smallest absolute Gasteiger partial charge is 0.258 e. The van der Waals surface area contributed by atoms with E-state index in [1.54, 1.807) is 6.07 Å². The molecule has 5 nitrogen and oxygen atoms in total. The molecule has 0 aliphatic rings. The van der Waals surface area contributed by atoms with E-state index in [4.69, 9.17) is 5.26 Å². The Morgan fingerprint density at radius 3 is 2.94 bits per heavy atom. The van der Waals surface area contributed by atoms with Gasteiger partial charge in [-0.05, 0) is 6.07 Å². The molecule has 0 amide bonds. The van der Waals surface area contributed by atoms with E-state index in [1.165, 1.54) is 24.8 Å². The number of nitrogens with zero attached hydrogens (tertiary/aromatic N) is 3. The Morgan fingerprint density at radius 2 is 2.25 bits per heavy atom. The number of pyridine rings is 1. The van der Waals surface area contributed by atoms with Gasteiger partial charge in [0, 0.05) is 18.0 Å². The van der Waals surface area contributed by atoms with E-state index in [2.05, 4.69) is 15.0 Å². The monoisotopic (exact) mass is 216 g/mol. The van der Waals surface area contributed by atoms with Crippen LogP contribution in [0.3, 0.4) is 0 Å². The maximum atomic E-state index is 13.7. The number of hydrogen-bond acceptors (Lipinski definition) is 4. The molecule has 2 aromatic heterocycles. The summed E-state index contributed by atoms with van der Waals surface area (Å²) in [6.45, 7) is 0. The second kappa shape index (κ2) is 3.90. The van der Waals surface area contributed by atoms with Gasteiger partial charge >= 0.3 is 0 Å². The molecule has 2 aromatic rings. The first-order valence-electron chi connectivity index (χ1n) is 4.31. The van der Waals surface area contributed by atoms with Gasteiger partial charge < -0.3 is 4.98 Å². The van der Waals surface area contributed by atoms with Crippen LogP contribution in [0.5, 0.6) is 0 Å². The van der Waals surface area contributed by atoms with Crippen molar-refractivity contribution in [2.45, 2.75) is 0 Å². The Hall–Kier alpha value is -2.55. The van der Waals surface area contributed by atoms with Crippen LogP contribution in [0.1, 0.15) is 5.69 Å². The predicted molar refractivity (Wildman–Crippen MR) is 52.8 cm³/mol. The number of nitrogens with one attached hydrogen (secondary N) is 1. The molecule has 2 heterocycles. The summed E-state index contributed by atoms with van der Waals surface area (Å²) < 4.78 is 13.7. The molecule has 0 atom stereocenters. The van der Waals surface area contributed by atoms with Crippen LogP contribution in [0.25, 0.3) is 11.1 Å². The third kappa shape index (κ3) is 1.54. The zero-order valence-electron chi connectivity index (χ0n) is 7.94. The first-order valence-corrected chi connectivity index (χ1v) is 4.31. The van der Waals surface area contributed by atoms with E-state index in [0.29, 0.717) is 0 Å². The van der Waals surface area contributed by atoms with Crippen LogP contribution in [-0.2, 0) is 0 Å². The van der Waals surface area contributed by atoms with E-state index in [0.717, 1.165) is 0 Å². The number of H-pyrrole nitrogens is 1. The second-order valence-electron chi connectivity index (χ2n) is 2.93. The normalized spacial score (nSPS) is 9.75. The highest BCUT2D eigenvalue weighted by molar-refractivity contribution is 5.63. The van der Waals surface area contributed by atoms with Crippen LogP contribution in [0.2, 0.25) is 0 Å². The molecule has 0 radical (unpaired) electrons. The van der Waals surface area contributed by atoms with Gasteiger partial charge in [-0.3, -0.25) is 4.79 Å². The largest absolute Gasteiger partial charge is 0.313 e. The van der Waals surface area contributed by atoms with Gasteiger partial charge in [-0.1, -0.05) is 0 Å². The number of nitriles is 1. The van der Waals surface area contributed by atoms with Crippen molar-refractivity contribution in [3.63, 3.8) is 0 Å². The summed E-state index contributed by atoms with van der Waals surface area (Å²) in [5, 5.41) is 8.61. The second-order valence-corrected chi connectivity index (χ2v) is 2.93. The van der Waals surface area contributed by atoms with Gasteiger partial charge in [-0.15, -0.1) is 0 Å². The lowest BCUT2D eigenvalue weighted by Crippen LogP contribution is -2.10. The number of rotatable bonds is 1. The maximum absolute atomic E-state index is 13.7. The number of halogens is 1. The molecule has 1 N–H and O–H groups in total. The average molecular weight is 216 g/mol. The third-order valence-corrected chi connectivity index (χ3v) is 2.00. The molecule has 0 fully saturated rings. The van der Waals surface area contributed by atoms with E-state index >= 15 is 0 Å². The van der Waals surface area contributed by atoms with Crippen molar-refractivity contribution < 1.29 is 4.39 Å². The Balaban J connectivity index is 2.72. The molecule has 16 heavy (non-hydrogen) atoms. The highest BCUT2D eigenvalue weighted by Gasteiger charge is 2.13. The van der Waals surface area contributed by atoms with Crippen LogP contribution in [0.15, 0.2) is 29.6 Å². The highest BCUT2D eigenvalue weighted by atomic mass is 19.1. The van der Waals surface area contributed by atoms with Crippen molar-refractivity contribution >= 4 is 0 Å². The van der Waals surface area contributed by atoms with Crippen LogP contribution in [-0.4, -0.2) is 15.0 Å². The minimum absolute atomic E-state index is 0.0147. The van der Waals surface area contributed by atoms with Crippen molar-refractivity contribution in [3.8, 4) is 17.2 Å². The molecule has 0 bridgehead atoms. The predicted octanol–water partition coefficient (Wildman–Crippen LogP) is 0.843. The van der Waals surface area contributed by atoms with E-state index in [9.17, 15) is 9.18 Å². The summed E-state index contributed by atoms with van der Waals surface area (Å²) in [7, 11) is 0. The van der Waals surface area contributed by atoms with Crippen molar-refractivity contribution in [3.05, 3.63) is 46.7 Å². The standard InChI is InChI=1S/C10H5FN4O/c11-9-6(1-2-14-8(9)3-12)7-4-13-5-15-10(7)16/h1-2,4-5H,(H,13,15,16). The van der Waals surface area contributed by atoms with Crippen molar-refractivity contribution in [2.75, 3.05) is 0 Å². The third-order valence-electron chi connectivity index (χ3n) is 2.00. The zero-order valence-corrected chi connectivity index (χ0v) is 7.94. The quantitative estimate of drug-likeness (QED) is 0.765. The van der Waals surface area contributed by atoms with E-state index in [1.807, 2.05) is 0 Å². The van der Waals surface area contributed by atoms with Crippen LogP contribution in [0, 0.1) is 17.1 Å². The molecular formula is C10H5FN4O. The summed E-state index contributed by atoms with van der Waals surface area (Å²) in [6, 6.07) is 2.93. The molecule has 0 aliphatic carbocycles. The average Bonchev–Trinajstić information content (AvgIpc) is 2.31. The number of hydrogen-bond donors (Lipinski definition) is 1. The fraction of sp³-hybridized carbons (Fsp3) is 0. The molecule has 6 heteroatoms. The van der Waals surface area contributed by atoms with Gasteiger partial charge in [0.1, 0.15) is 6.07 Å². The lowest BCUT2D eigenvalue weighted by atomic mass is 10.1. The molecular weight excluding hydrogens is 211 g/mol. The fourth-order valence-corrected chi connectivity index (χ4v) is 1.27. The SMILES string of the molecule is N#Cc1nccc(-c2cnc[nH]c2=O)c1F. The molecule has 0 aromatic carbocycles. The Kier molecular flexibility index (Phi) is 2.44. The molecule has 0 aliphatic heterocycles.